The van der Waals surface area contributed by atoms with Crippen LogP contribution in [0.5, 0.6) is 5.88 Å². The number of ether oxygens (including phenoxy) is 1. The summed E-state index contributed by atoms with van der Waals surface area (Å²) in [7, 11) is 1.52. The van der Waals surface area contributed by atoms with Crippen molar-refractivity contribution in [1.82, 2.24) is 15.0 Å². The van der Waals surface area contributed by atoms with Gasteiger partial charge in [-0.1, -0.05) is 17.8 Å². The Morgan fingerprint density at radius 3 is 2.76 bits per heavy atom. The van der Waals surface area contributed by atoms with Crippen LogP contribution in [0.25, 0.3) is 0 Å². The first-order chi connectivity index (χ1) is 14.1. The number of methoxy groups -OCH3 is 1. The predicted octanol–water partition coefficient (Wildman–Crippen LogP) is 4.18. The van der Waals surface area contributed by atoms with E-state index in [1.165, 1.54) is 42.1 Å². The number of rotatable bonds is 4. The molecule has 3 aromatic rings. The van der Waals surface area contributed by atoms with Crippen molar-refractivity contribution in [2.75, 3.05) is 7.11 Å². The van der Waals surface area contributed by atoms with E-state index in [1.807, 2.05) is 25.1 Å². The number of hydrogen-bond acceptors (Lipinski definition) is 6. The number of benzene rings is 1. The molecule has 1 amide bonds. The zero-order valence-corrected chi connectivity index (χ0v) is 16.6. The molecule has 0 saturated heterocycles. The molecule has 146 valence electrons. The molecule has 29 heavy (non-hydrogen) atoms. The van der Waals surface area contributed by atoms with Crippen LogP contribution >= 0.6 is 11.8 Å². The maximum absolute atomic E-state index is 13.7. The maximum Gasteiger partial charge on any atom is 0.275 e. The summed E-state index contributed by atoms with van der Waals surface area (Å²) in [6, 6.07) is 13.0. The zero-order valence-electron chi connectivity index (χ0n) is 15.7. The maximum atomic E-state index is 13.7. The van der Waals surface area contributed by atoms with Crippen LogP contribution in [0.4, 0.5) is 4.39 Å². The summed E-state index contributed by atoms with van der Waals surface area (Å²) in [4.78, 5) is 21.7. The van der Waals surface area contributed by atoms with Crippen molar-refractivity contribution in [2.45, 2.75) is 12.3 Å². The van der Waals surface area contributed by atoms with Crippen molar-refractivity contribution in [3.63, 3.8) is 0 Å². The van der Waals surface area contributed by atoms with Gasteiger partial charge in [0.15, 0.2) is 0 Å². The van der Waals surface area contributed by atoms with Gasteiger partial charge in [-0.15, -0.1) is 0 Å². The molecule has 1 atom stereocenters. The number of carbonyl (C=O) groups excluding carboxylic acids is 1. The first-order valence-corrected chi connectivity index (χ1v) is 9.71. The van der Waals surface area contributed by atoms with Crippen molar-refractivity contribution in [3.8, 4) is 5.88 Å². The van der Waals surface area contributed by atoms with Crippen LogP contribution < -0.4 is 4.74 Å². The molecule has 8 heteroatoms. The van der Waals surface area contributed by atoms with Crippen LogP contribution in [0.2, 0.25) is 0 Å². The third-order valence-corrected chi connectivity index (χ3v) is 5.56. The largest absolute Gasteiger partial charge is 0.481 e. The summed E-state index contributed by atoms with van der Waals surface area (Å²) in [6.07, 6.45) is 3.33. The van der Waals surface area contributed by atoms with Gasteiger partial charge in [0.25, 0.3) is 5.91 Å². The van der Waals surface area contributed by atoms with Gasteiger partial charge in [-0.2, -0.15) is 5.10 Å². The van der Waals surface area contributed by atoms with E-state index < -0.39 is 17.1 Å². The van der Waals surface area contributed by atoms with Crippen molar-refractivity contribution >= 4 is 22.7 Å². The van der Waals surface area contributed by atoms with Crippen LogP contribution in [-0.4, -0.2) is 33.0 Å². The van der Waals surface area contributed by atoms with E-state index in [1.54, 1.807) is 24.5 Å². The van der Waals surface area contributed by atoms with Crippen LogP contribution in [-0.2, 0) is 0 Å². The third-order valence-electron chi connectivity index (χ3n) is 4.34. The summed E-state index contributed by atoms with van der Waals surface area (Å²) in [6.45, 7) is 1.90. The molecule has 2 aromatic heterocycles. The Hall–Kier alpha value is -3.26. The highest BCUT2D eigenvalue weighted by molar-refractivity contribution is 8.14. The molecule has 1 unspecified atom stereocenters. The summed E-state index contributed by atoms with van der Waals surface area (Å²) < 4.78 is 19.1. The Morgan fingerprint density at radius 1 is 1.17 bits per heavy atom. The molecule has 3 heterocycles. The number of carbonyl (C=O) groups is 1. The Kier molecular flexibility index (Phi) is 5.26. The first-order valence-electron chi connectivity index (χ1n) is 8.83. The molecule has 0 radical (unpaired) electrons. The van der Waals surface area contributed by atoms with Crippen molar-refractivity contribution in [3.05, 3.63) is 89.1 Å². The fourth-order valence-electron chi connectivity index (χ4n) is 2.91. The van der Waals surface area contributed by atoms with Gasteiger partial charge in [-0.3, -0.25) is 9.78 Å². The number of pyridine rings is 2. The van der Waals surface area contributed by atoms with E-state index in [0.717, 1.165) is 11.3 Å². The second-order valence-electron chi connectivity index (χ2n) is 6.33. The molecular formula is C21H17FN4O2S. The lowest BCUT2D eigenvalue weighted by molar-refractivity contribution is 0.0747. The van der Waals surface area contributed by atoms with Crippen molar-refractivity contribution < 1.29 is 13.9 Å². The average molecular weight is 408 g/mol. The lowest BCUT2D eigenvalue weighted by Crippen LogP contribution is -2.26. The third kappa shape index (κ3) is 3.84. The molecule has 0 saturated carbocycles. The Balaban J connectivity index is 1.77. The van der Waals surface area contributed by atoms with E-state index in [0.29, 0.717) is 16.5 Å². The van der Waals surface area contributed by atoms with Crippen molar-refractivity contribution in [1.29, 1.82) is 0 Å². The standard InChI is InChI=1S/C21H17FN4O2S/c1-13-8-9-15(12-24-13)19-25-26(20(27)14-5-3-6-16(22)11-14)21(29-19)17-7-4-10-23-18(17)28-2/h3-12,21H,1-2H3. The fourth-order valence-corrected chi connectivity index (χ4v) is 4.06. The second kappa shape index (κ2) is 8.00. The lowest BCUT2D eigenvalue weighted by atomic mass is 10.2. The van der Waals surface area contributed by atoms with E-state index in [2.05, 4.69) is 15.1 Å². The number of hydrazone groups is 1. The SMILES string of the molecule is COc1ncccc1C1SC(c2ccc(C)nc2)=NN1C(=O)c1cccc(F)c1. The number of amides is 1. The van der Waals surface area contributed by atoms with Crippen molar-refractivity contribution in [2.24, 2.45) is 5.10 Å². The molecule has 1 aliphatic rings. The minimum atomic E-state index is -0.509. The number of thioether (sulfide) groups is 1. The topological polar surface area (TPSA) is 67.7 Å². The Labute approximate surface area is 171 Å². The number of hydrogen-bond donors (Lipinski definition) is 0. The Morgan fingerprint density at radius 2 is 2.03 bits per heavy atom. The lowest BCUT2D eigenvalue weighted by Gasteiger charge is -2.22. The highest BCUT2D eigenvalue weighted by atomic mass is 32.2. The second-order valence-corrected chi connectivity index (χ2v) is 7.39. The molecule has 0 spiro atoms. The predicted molar refractivity (Wildman–Crippen MR) is 109 cm³/mol. The molecule has 6 nitrogen and oxygen atoms in total. The minimum absolute atomic E-state index is 0.213. The number of nitrogens with zero attached hydrogens (tertiary/aromatic N) is 4. The highest BCUT2D eigenvalue weighted by Crippen LogP contribution is 2.44. The van der Waals surface area contributed by atoms with Gasteiger partial charge in [0, 0.05) is 34.8 Å². The van der Waals surface area contributed by atoms with Gasteiger partial charge in [0.1, 0.15) is 16.2 Å². The van der Waals surface area contributed by atoms with Crippen LogP contribution in [0.3, 0.4) is 0 Å². The molecule has 0 N–H and O–H groups in total. The van der Waals surface area contributed by atoms with Crippen LogP contribution in [0.1, 0.15) is 32.6 Å². The summed E-state index contributed by atoms with van der Waals surface area (Å²) in [5, 5.41) is 6.01. The molecule has 1 aliphatic heterocycles. The normalized spacial score (nSPS) is 15.9. The van der Waals surface area contributed by atoms with Gasteiger partial charge in [-0.05, 0) is 49.4 Å². The van der Waals surface area contributed by atoms with Crippen LogP contribution in [0, 0.1) is 12.7 Å². The Bertz CT molecular complexity index is 1090. The van der Waals surface area contributed by atoms with E-state index in [-0.39, 0.29) is 5.56 Å². The quantitative estimate of drug-likeness (QED) is 0.648. The average Bonchev–Trinajstić information content (AvgIpc) is 3.19. The molecule has 0 aliphatic carbocycles. The van der Waals surface area contributed by atoms with Gasteiger partial charge < -0.3 is 4.74 Å². The summed E-state index contributed by atoms with van der Waals surface area (Å²) >= 11 is 1.39. The highest BCUT2D eigenvalue weighted by Gasteiger charge is 2.36. The van der Waals surface area contributed by atoms with Crippen LogP contribution in [0.15, 0.2) is 66.0 Å². The summed E-state index contributed by atoms with van der Waals surface area (Å²) in [5.41, 5.74) is 2.59. The summed E-state index contributed by atoms with van der Waals surface area (Å²) in [5.74, 6) is -0.492. The first kappa shape index (κ1) is 19.1. The monoisotopic (exact) mass is 408 g/mol. The number of aryl methyl sites for hydroxylation is 1. The molecule has 0 fully saturated rings. The molecule has 1 aromatic carbocycles. The fraction of sp³-hybridized carbons (Fsp3) is 0.143. The van der Waals surface area contributed by atoms with Gasteiger partial charge in [0.2, 0.25) is 5.88 Å². The molecule has 4 rings (SSSR count). The van der Waals surface area contributed by atoms with E-state index in [4.69, 9.17) is 4.74 Å². The smallest absolute Gasteiger partial charge is 0.275 e. The minimum Gasteiger partial charge on any atom is -0.481 e. The van der Waals surface area contributed by atoms with Gasteiger partial charge in [0.05, 0.1) is 7.11 Å². The zero-order chi connectivity index (χ0) is 20.4. The van der Waals surface area contributed by atoms with Gasteiger partial charge >= 0.3 is 0 Å². The van der Waals surface area contributed by atoms with E-state index >= 15 is 0 Å². The number of aromatic nitrogens is 2. The van der Waals surface area contributed by atoms with E-state index in [9.17, 15) is 9.18 Å². The molecular weight excluding hydrogens is 391 g/mol. The number of halogens is 1. The van der Waals surface area contributed by atoms with Gasteiger partial charge in [-0.25, -0.2) is 14.4 Å². The molecule has 0 bridgehead atoms.